The van der Waals surface area contributed by atoms with Gasteiger partial charge in [0.05, 0.1) is 0 Å². The van der Waals surface area contributed by atoms with Crippen LogP contribution >= 0.6 is 29.1 Å². The van der Waals surface area contributed by atoms with E-state index in [1.54, 1.807) is 0 Å². The number of hydrogen-bond acceptors (Lipinski definition) is 0. The van der Waals surface area contributed by atoms with Gasteiger partial charge in [0.15, 0.2) is 0 Å². The molecule has 156 valence electrons. The summed E-state index contributed by atoms with van der Waals surface area (Å²) in [5.41, 5.74) is 1.41. The van der Waals surface area contributed by atoms with Gasteiger partial charge in [-0.3, -0.25) is 0 Å². The van der Waals surface area contributed by atoms with Crippen molar-refractivity contribution >= 4 is 34.4 Å². The Labute approximate surface area is 180 Å². The van der Waals surface area contributed by atoms with Gasteiger partial charge in [0, 0.05) is 5.30 Å². The van der Waals surface area contributed by atoms with Crippen molar-refractivity contribution in [1.29, 1.82) is 0 Å². The Morgan fingerprint density at radius 1 is 0.556 bits per heavy atom. The molecule has 0 heterocycles. The Balaban J connectivity index is 1.80. The molecule has 0 saturated heterocycles. The lowest BCUT2D eigenvalue weighted by Gasteiger charge is -2.05. The van der Waals surface area contributed by atoms with Crippen LogP contribution in [0.2, 0.25) is 0 Å². The van der Waals surface area contributed by atoms with Crippen molar-refractivity contribution in [3.05, 3.63) is 29.8 Å². The van der Waals surface area contributed by atoms with E-state index in [2.05, 4.69) is 31.2 Å². The highest BCUT2D eigenvalue weighted by Gasteiger charge is 2.03. The van der Waals surface area contributed by atoms with E-state index in [0.717, 1.165) is 5.30 Å². The zero-order valence-corrected chi connectivity index (χ0v) is 19.9. The number of unbranched alkanes of at least 4 members (excludes halogenated alkanes) is 15. The zero-order valence-electron chi connectivity index (χ0n) is 17.5. The van der Waals surface area contributed by atoms with Crippen molar-refractivity contribution in [2.45, 2.75) is 116 Å². The van der Waals surface area contributed by atoms with Gasteiger partial charge >= 0.3 is 0 Å². The summed E-state index contributed by atoms with van der Waals surface area (Å²) in [6.07, 6.45) is 24.0. The molecule has 1 rings (SSSR count). The van der Waals surface area contributed by atoms with Gasteiger partial charge in [0.25, 0.3) is 0 Å². The minimum Gasteiger partial charge on any atom is -0.0727 e. The molecule has 0 nitrogen and oxygen atoms in total. The average Bonchev–Trinajstić information content (AvgIpc) is 2.68. The maximum absolute atomic E-state index is 5.94. The quantitative estimate of drug-likeness (QED) is 0.160. The predicted octanol–water partition coefficient (Wildman–Crippen LogP) is 9.91. The number of rotatable bonds is 18. The van der Waals surface area contributed by atoms with E-state index in [9.17, 15) is 0 Å². The fourth-order valence-corrected chi connectivity index (χ4v) is 4.70. The first-order chi connectivity index (χ1) is 13.2. The van der Waals surface area contributed by atoms with Gasteiger partial charge in [-0.1, -0.05) is 150 Å². The molecular weight excluding hydrogens is 390 g/mol. The van der Waals surface area contributed by atoms with Crippen LogP contribution in [0.25, 0.3) is 0 Å². The highest BCUT2D eigenvalue weighted by atomic mass is 35.9. The summed E-state index contributed by atoms with van der Waals surface area (Å²) >= 11 is 11.9. The lowest BCUT2D eigenvalue weighted by atomic mass is 10.0. The first kappa shape index (κ1) is 25.3. The van der Waals surface area contributed by atoms with Crippen molar-refractivity contribution in [3.63, 3.8) is 0 Å². The number of halogens is 2. The van der Waals surface area contributed by atoms with Crippen LogP contribution in [0.1, 0.15) is 115 Å². The summed E-state index contributed by atoms with van der Waals surface area (Å²) < 4.78 is 0. The van der Waals surface area contributed by atoms with E-state index in [-0.39, 0.29) is 0 Å². The molecule has 0 aromatic heterocycles. The third-order valence-electron chi connectivity index (χ3n) is 5.45. The Hall–Kier alpha value is 0.230. The highest BCUT2D eigenvalue weighted by molar-refractivity contribution is 8.08. The molecule has 0 N–H and O–H groups in total. The van der Waals surface area contributed by atoms with Crippen LogP contribution in [0.3, 0.4) is 0 Å². The molecule has 0 aliphatic carbocycles. The second kappa shape index (κ2) is 18.3. The van der Waals surface area contributed by atoms with E-state index < -0.39 is 6.63 Å². The van der Waals surface area contributed by atoms with E-state index in [1.165, 1.54) is 115 Å². The van der Waals surface area contributed by atoms with Crippen LogP contribution in [0, 0.1) is 0 Å². The maximum atomic E-state index is 5.94. The summed E-state index contributed by atoms with van der Waals surface area (Å²) in [5.74, 6) is 0. The van der Waals surface area contributed by atoms with E-state index in [1.807, 2.05) is 0 Å². The Morgan fingerprint density at radius 2 is 0.926 bits per heavy atom. The van der Waals surface area contributed by atoms with Crippen molar-refractivity contribution < 1.29 is 0 Å². The molecule has 27 heavy (non-hydrogen) atoms. The molecule has 0 amide bonds. The van der Waals surface area contributed by atoms with Crippen molar-refractivity contribution in [2.24, 2.45) is 0 Å². The lowest BCUT2D eigenvalue weighted by Crippen LogP contribution is -1.95. The molecule has 0 aliphatic rings. The Kier molecular flexibility index (Phi) is 17.1. The fourth-order valence-electron chi connectivity index (χ4n) is 3.65. The van der Waals surface area contributed by atoms with Gasteiger partial charge in [-0.2, -0.15) is 0 Å². The van der Waals surface area contributed by atoms with E-state index in [0.29, 0.717) is 0 Å². The molecule has 0 aliphatic heterocycles. The van der Waals surface area contributed by atoms with Crippen molar-refractivity contribution in [2.75, 3.05) is 0 Å². The minimum absolute atomic E-state index is 0.998. The molecule has 0 bridgehead atoms. The maximum Gasteiger partial charge on any atom is 0.116 e. The van der Waals surface area contributed by atoms with E-state index >= 15 is 0 Å². The summed E-state index contributed by atoms with van der Waals surface area (Å²) in [6, 6.07) is 8.52. The third kappa shape index (κ3) is 14.8. The molecule has 0 fully saturated rings. The van der Waals surface area contributed by atoms with Gasteiger partial charge in [-0.25, -0.2) is 0 Å². The summed E-state index contributed by atoms with van der Waals surface area (Å²) in [7, 11) is 0. The van der Waals surface area contributed by atoms with Crippen LogP contribution < -0.4 is 5.30 Å². The third-order valence-corrected chi connectivity index (χ3v) is 7.31. The smallest absolute Gasteiger partial charge is 0.0727 e. The van der Waals surface area contributed by atoms with Gasteiger partial charge in [-0.05, 0) is 18.4 Å². The predicted molar refractivity (Wildman–Crippen MR) is 128 cm³/mol. The van der Waals surface area contributed by atoms with Gasteiger partial charge in [0.2, 0.25) is 0 Å². The first-order valence-electron chi connectivity index (χ1n) is 11.4. The van der Waals surface area contributed by atoms with E-state index in [4.69, 9.17) is 22.5 Å². The Bertz CT molecular complexity index is 431. The molecule has 0 spiro atoms. The van der Waals surface area contributed by atoms with Crippen LogP contribution in [0.15, 0.2) is 24.3 Å². The lowest BCUT2D eigenvalue weighted by molar-refractivity contribution is 0.529. The van der Waals surface area contributed by atoms with Crippen molar-refractivity contribution in [1.82, 2.24) is 0 Å². The monoisotopic (exact) mass is 430 g/mol. The standard InChI is InChI=1S/C24H41Cl2P/c1-2-3-4-5-6-7-8-9-10-11-12-13-14-15-16-17-18-23-19-21-24(22-20-23)27(25)26/h19-22H,2-18H2,1H3. The summed E-state index contributed by atoms with van der Waals surface area (Å²) in [4.78, 5) is 0. The zero-order chi connectivity index (χ0) is 19.6. The van der Waals surface area contributed by atoms with Gasteiger partial charge in [0.1, 0.15) is 6.63 Å². The normalized spacial score (nSPS) is 11.4. The molecule has 0 radical (unpaired) electrons. The molecule has 1 aromatic rings. The van der Waals surface area contributed by atoms with Crippen molar-refractivity contribution in [3.8, 4) is 0 Å². The Morgan fingerprint density at radius 3 is 1.30 bits per heavy atom. The van der Waals surface area contributed by atoms with Crippen LogP contribution in [-0.4, -0.2) is 0 Å². The van der Waals surface area contributed by atoms with Crippen LogP contribution in [0.5, 0.6) is 0 Å². The largest absolute Gasteiger partial charge is 0.116 e. The molecule has 3 heteroatoms. The topological polar surface area (TPSA) is 0 Å². The number of benzene rings is 1. The molecule has 0 unspecified atom stereocenters. The van der Waals surface area contributed by atoms with Crippen LogP contribution in [0.4, 0.5) is 0 Å². The number of aryl methyl sites for hydroxylation is 1. The molecule has 0 saturated carbocycles. The highest BCUT2D eigenvalue weighted by Crippen LogP contribution is 2.45. The SMILES string of the molecule is CCCCCCCCCCCCCCCCCCc1ccc(P(Cl)Cl)cc1. The molecular formula is C24H41Cl2P. The second-order valence-corrected chi connectivity index (χ2v) is 11.5. The summed E-state index contributed by atoms with van der Waals surface area (Å²) in [6.45, 7) is 1.29. The number of hydrogen-bond donors (Lipinski definition) is 0. The summed E-state index contributed by atoms with van der Waals surface area (Å²) in [5, 5.41) is 1.06. The average molecular weight is 431 g/mol. The fraction of sp³-hybridized carbons (Fsp3) is 0.750. The van der Waals surface area contributed by atoms with Gasteiger partial charge < -0.3 is 0 Å². The van der Waals surface area contributed by atoms with Gasteiger partial charge in [-0.15, -0.1) is 0 Å². The second-order valence-electron chi connectivity index (χ2n) is 7.95. The van der Waals surface area contributed by atoms with Crippen LogP contribution in [-0.2, 0) is 6.42 Å². The minimum atomic E-state index is -0.998. The molecule has 1 aromatic carbocycles. The molecule has 0 atom stereocenters. The first-order valence-corrected chi connectivity index (χ1v) is 14.6.